The average molecular weight is 617 g/mol. The number of aromatic nitrogens is 2. The van der Waals surface area contributed by atoms with Crippen LogP contribution in [0.15, 0.2) is 194 Å². The van der Waals surface area contributed by atoms with Crippen LogP contribution < -0.4 is 9.80 Å². The molecule has 0 unspecified atom stereocenters. The molecule has 2 aromatic heterocycles. The smallest absolute Gasteiger partial charge is 0.160 e. The quantitative estimate of drug-likeness (QED) is 0.170. The molecule has 0 fully saturated rings. The number of rotatable bonds is 8. The summed E-state index contributed by atoms with van der Waals surface area (Å²) in [5.41, 5.74) is 11.2. The standard InChI is InChI=1S/C44H32N4/c1-5-13-36(14-6-1)47(37-15-7-2-8-16-37)40-27-21-33(22-28-40)42-31-25-35-26-32-43(46-44(35)45-42)34-23-29-41(30-24-34)48(38-17-9-3-10-18-38)39-19-11-4-12-20-39/h1-32H. The lowest BCUT2D eigenvalue weighted by Crippen LogP contribution is -2.09. The van der Waals surface area contributed by atoms with E-state index in [0.29, 0.717) is 0 Å². The van der Waals surface area contributed by atoms with Gasteiger partial charge >= 0.3 is 0 Å². The first-order valence-corrected chi connectivity index (χ1v) is 16.1. The normalized spacial score (nSPS) is 10.9. The number of hydrogen-bond acceptors (Lipinski definition) is 4. The number of nitrogens with zero attached hydrogens (tertiary/aromatic N) is 4. The van der Waals surface area contributed by atoms with Crippen LogP contribution in [0.4, 0.5) is 34.1 Å². The summed E-state index contributed by atoms with van der Waals surface area (Å²) in [6, 6.07) is 67.3. The monoisotopic (exact) mass is 616 g/mol. The fourth-order valence-electron chi connectivity index (χ4n) is 6.09. The summed E-state index contributed by atoms with van der Waals surface area (Å²) in [6.45, 7) is 0. The Morgan fingerprint density at radius 3 is 0.875 bits per heavy atom. The molecule has 8 rings (SSSR count). The SMILES string of the molecule is c1ccc(N(c2ccccc2)c2ccc(-c3ccc4ccc(-c5ccc(N(c6ccccc6)c6ccccc6)cc5)nc4n3)cc2)cc1. The third kappa shape index (κ3) is 5.91. The van der Waals surface area contributed by atoms with E-state index in [1.165, 1.54) is 0 Å². The van der Waals surface area contributed by atoms with Crippen LogP contribution in [0.3, 0.4) is 0 Å². The Hall–Kier alpha value is -6.52. The van der Waals surface area contributed by atoms with E-state index in [9.17, 15) is 0 Å². The van der Waals surface area contributed by atoms with E-state index in [4.69, 9.17) is 9.97 Å². The Bertz CT molecular complexity index is 2010. The molecule has 0 saturated heterocycles. The van der Waals surface area contributed by atoms with Gasteiger partial charge < -0.3 is 9.80 Å². The molecule has 0 spiro atoms. The van der Waals surface area contributed by atoms with Crippen LogP contribution in [0.25, 0.3) is 33.5 Å². The van der Waals surface area contributed by atoms with Gasteiger partial charge in [-0.25, -0.2) is 9.97 Å². The van der Waals surface area contributed by atoms with Crippen LogP contribution in [0.1, 0.15) is 0 Å². The van der Waals surface area contributed by atoms with Crippen LogP contribution in [-0.4, -0.2) is 9.97 Å². The predicted molar refractivity (Wildman–Crippen MR) is 200 cm³/mol. The van der Waals surface area contributed by atoms with Crippen LogP contribution in [0.5, 0.6) is 0 Å². The van der Waals surface area contributed by atoms with Crippen molar-refractivity contribution in [3.63, 3.8) is 0 Å². The van der Waals surface area contributed by atoms with Crippen molar-refractivity contribution < 1.29 is 0 Å². The molecule has 0 aliphatic rings. The van der Waals surface area contributed by atoms with Gasteiger partial charge in [0.05, 0.1) is 11.4 Å². The van der Waals surface area contributed by atoms with Crippen LogP contribution in [0, 0.1) is 0 Å². The van der Waals surface area contributed by atoms with Crippen molar-refractivity contribution in [2.24, 2.45) is 0 Å². The summed E-state index contributed by atoms with van der Waals surface area (Å²) >= 11 is 0. The average Bonchev–Trinajstić information content (AvgIpc) is 3.17. The zero-order valence-electron chi connectivity index (χ0n) is 26.3. The first-order chi connectivity index (χ1) is 23.8. The van der Waals surface area contributed by atoms with Crippen molar-refractivity contribution in [2.75, 3.05) is 9.80 Å². The van der Waals surface area contributed by atoms with Crippen molar-refractivity contribution >= 4 is 45.2 Å². The maximum atomic E-state index is 5.01. The van der Waals surface area contributed by atoms with Gasteiger partial charge in [-0.2, -0.15) is 0 Å². The number of anilines is 6. The van der Waals surface area contributed by atoms with Crippen molar-refractivity contribution in [1.29, 1.82) is 0 Å². The summed E-state index contributed by atoms with van der Waals surface area (Å²) in [7, 11) is 0. The third-order valence-corrected chi connectivity index (χ3v) is 8.45. The van der Waals surface area contributed by atoms with Crippen molar-refractivity contribution in [2.45, 2.75) is 0 Å². The molecule has 6 aromatic carbocycles. The molecule has 0 saturated carbocycles. The summed E-state index contributed by atoms with van der Waals surface area (Å²) in [6.07, 6.45) is 0. The summed E-state index contributed by atoms with van der Waals surface area (Å²) in [4.78, 5) is 14.5. The lowest BCUT2D eigenvalue weighted by molar-refractivity contribution is 1.27. The number of benzene rings is 6. The first-order valence-electron chi connectivity index (χ1n) is 16.1. The molecular weight excluding hydrogens is 585 g/mol. The maximum Gasteiger partial charge on any atom is 0.160 e. The topological polar surface area (TPSA) is 32.3 Å². The van der Waals surface area contributed by atoms with E-state index >= 15 is 0 Å². The molecule has 0 aliphatic heterocycles. The van der Waals surface area contributed by atoms with Crippen molar-refractivity contribution in [3.8, 4) is 22.5 Å². The molecule has 0 bridgehead atoms. The van der Waals surface area contributed by atoms with Gasteiger partial charge in [0.1, 0.15) is 0 Å². The molecule has 4 nitrogen and oxygen atoms in total. The third-order valence-electron chi connectivity index (χ3n) is 8.45. The molecule has 0 radical (unpaired) electrons. The fourth-order valence-corrected chi connectivity index (χ4v) is 6.09. The Labute approximate surface area is 280 Å². The fraction of sp³-hybridized carbons (Fsp3) is 0. The number of fused-ring (bicyclic) bond motifs is 1. The molecular formula is C44H32N4. The summed E-state index contributed by atoms with van der Waals surface area (Å²) in [5, 5.41) is 1.01. The summed E-state index contributed by atoms with van der Waals surface area (Å²) < 4.78 is 0. The molecule has 48 heavy (non-hydrogen) atoms. The molecule has 0 amide bonds. The predicted octanol–water partition coefficient (Wildman–Crippen LogP) is 11.9. The van der Waals surface area contributed by atoms with Gasteiger partial charge in [-0.15, -0.1) is 0 Å². The Morgan fingerprint density at radius 2 is 0.562 bits per heavy atom. The summed E-state index contributed by atoms with van der Waals surface area (Å²) in [5.74, 6) is 0. The molecule has 0 N–H and O–H groups in total. The number of pyridine rings is 2. The second-order valence-corrected chi connectivity index (χ2v) is 11.5. The number of hydrogen-bond donors (Lipinski definition) is 0. The van der Waals surface area contributed by atoms with Gasteiger partial charge in [0.2, 0.25) is 0 Å². The van der Waals surface area contributed by atoms with Gasteiger partial charge in [-0.05, 0) is 97.1 Å². The largest absolute Gasteiger partial charge is 0.311 e. The van der Waals surface area contributed by atoms with Gasteiger partial charge in [0, 0.05) is 50.6 Å². The zero-order chi connectivity index (χ0) is 32.1. The van der Waals surface area contributed by atoms with Gasteiger partial charge in [0.15, 0.2) is 5.65 Å². The minimum Gasteiger partial charge on any atom is -0.311 e. The highest BCUT2D eigenvalue weighted by Gasteiger charge is 2.14. The van der Waals surface area contributed by atoms with E-state index in [-0.39, 0.29) is 0 Å². The van der Waals surface area contributed by atoms with Crippen molar-refractivity contribution in [3.05, 3.63) is 194 Å². The molecule has 4 heteroatoms. The molecule has 0 atom stereocenters. The minimum absolute atomic E-state index is 0.726. The lowest BCUT2D eigenvalue weighted by Gasteiger charge is -2.25. The van der Waals surface area contributed by atoms with E-state index in [1.54, 1.807) is 0 Å². The number of para-hydroxylation sites is 4. The molecule has 228 valence electrons. The zero-order valence-corrected chi connectivity index (χ0v) is 26.3. The molecule has 0 aliphatic carbocycles. The van der Waals surface area contributed by atoms with Crippen LogP contribution >= 0.6 is 0 Å². The van der Waals surface area contributed by atoms with Gasteiger partial charge in [0.25, 0.3) is 0 Å². The van der Waals surface area contributed by atoms with E-state index in [0.717, 1.165) is 67.7 Å². The highest BCUT2D eigenvalue weighted by atomic mass is 15.1. The van der Waals surface area contributed by atoms with Gasteiger partial charge in [-0.1, -0.05) is 97.1 Å². The second-order valence-electron chi connectivity index (χ2n) is 11.5. The van der Waals surface area contributed by atoms with Crippen LogP contribution in [0.2, 0.25) is 0 Å². The first kappa shape index (κ1) is 28.9. The minimum atomic E-state index is 0.726. The lowest BCUT2D eigenvalue weighted by atomic mass is 10.1. The van der Waals surface area contributed by atoms with Crippen molar-refractivity contribution in [1.82, 2.24) is 9.97 Å². The Balaban J connectivity index is 1.09. The maximum absolute atomic E-state index is 5.01. The molecule has 8 aromatic rings. The van der Waals surface area contributed by atoms with E-state index in [1.807, 2.05) is 24.3 Å². The molecule has 2 heterocycles. The van der Waals surface area contributed by atoms with Crippen LogP contribution in [-0.2, 0) is 0 Å². The van der Waals surface area contributed by atoms with Gasteiger partial charge in [-0.3, -0.25) is 0 Å². The highest BCUT2D eigenvalue weighted by molar-refractivity contribution is 5.83. The Morgan fingerprint density at radius 1 is 0.271 bits per heavy atom. The Kier molecular flexibility index (Phi) is 7.87. The highest BCUT2D eigenvalue weighted by Crippen LogP contribution is 2.37. The van der Waals surface area contributed by atoms with E-state index in [2.05, 4.69) is 180 Å². The van der Waals surface area contributed by atoms with E-state index < -0.39 is 0 Å². The second kappa shape index (κ2) is 13.1.